The molecule has 1 heterocycles. The van der Waals surface area contributed by atoms with Crippen LogP contribution in [-0.2, 0) is 16.4 Å². The summed E-state index contributed by atoms with van der Waals surface area (Å²) in [6.45, 7) is 3.28. The minimum Gasteiger partial charge on any atom is -0.281 e. The quantitative estimate of drug-likeness (QED) is 0.744. The van der Waals surface area contributed by atoms with Crippen molar-refractivity contribution in [2.45, 2.75) is 31.9 Å². The molecule has 108 valence electrons. The van der Waals surface area contributed by atoms with Crippen LogP contribution in [0.1, 0.15) is 41.8 Å². The van der Waals surface area contributed by atoms with Gasteiger partial charge in [0.05, 0.1) is 11.0 Å². The van der Waals surface area contributed by atoms with Gasteiger partial charge in [-0.2, -0.15) is 13.2 Å². The van der Waals surface area contributed by atoms with Crippen molar-refractivity contribution in [3.8, 4) is 0 Å². The second kappa shape index (κ2) is 4.33. The van der Waals surface area contributed by atoms with Crippen LogP contribution >= 0.6 is 0 Å². The first-order valence-corrected chi connectivity index (χ1v) is 6.17. The van der Waals surface area contributed by atoms with E-state index in [1.54, 1.807) is 13.8 Å². The van der Waals surface area contributed by atoms with Crippen molar-refractivity contribution in [3.05, 3.63) is 34.9 Å². The average molecular weight is 285 g/mol. The highest BCUT2D eigenvalue weighted by Crippen LogP contribution is 2.40. The average Bonchev–Trinajstić information content (AvgIpc) is 2.41. The minimum absolute atomic E-state index is 0.155. The molecule has 20 heavy (non-hydrogen) atoms. The van der Waals surface area contributed by atoms with Crippen molar-refractivity contribution in [1.29, 1.82) is 0 Å². The maximum absolute atomic E-state index is 12.8. The number of hydrogen-bond donors (Lipinski definition) is 0. The predicted octanol–water partition coefficient (Wildman–Crippen LogP) is 2.99. The van der Waals surface area contributed by atoms with Crippen LogP contribution in [0.15, 0.2) is 18.2 Å². The van der Waals surface area contributed by atoms with Crippen molar-refractivity contribution >= 4 is 11.8 Å². The highest BCUT2D eigenvalue weighted by Gasteiger charge is 2.46. The Morgan fingerprint density at radius 2 is 1.85 bits per heavy atom. The Morgan fingerprint density at radius 3 is 2.35 bits per heavy atom. The Balaban J connectivity index is 2.73. The van der Waals surface area contributed by atoms with Gasteiger partial charge in [0.25, 0.3) is 5.91 Å². The summed E-state index contributed by atoms with van der Waals surface area (Å²) in [6.07, 6.45) is -4.18. The molecule has 2 amide bonds. The Bertz CT molecular complexity index is 595. The van der Waals surface area contributed by atoms with Crippen LogP contribution in [0.25, 0.3) is 0 Å². The van der Waals surface area contributed by atoms with E-state index in [2.05, 4.69) is 0 Å². The van der Waals surface area contributed by atoms with Gasteiger partial charge in [0.1, 0.15) is 0 Å². The molecule has 0 aromatic heterocycles. The lowest BCUT2D eigenvalue weighted by molar-refractivity contribution is -0.138. The lowest BCUT2D eigenvalue weighted by Crippen LogP contribution is -2.51. The summed E-state index contributed by atoms with van der Waals surface area (Å²) >= 11 is 0. The van der Waals surface area contributed by atoms with E-state index in [-0.39, 0.29) is 11.1 Å². The molecular formula is C14H14F3NO2. The Morgan fingerprint density at radius 1 is 1.25 bits per heavy atom. The van der Waals surface area contributed by atoms with E-state index in [0.717, 1.165) is 23.1 Å². The van der Waals surface area contributed by atoms with Crippen molar-refractivity contribution in [2.24, 2.45) is 0 Å². The van der Waals surface area contributed by atoms with Gasteiger partial charge in [0.2, 0.25) is 5.91 Å². The normalized spacial score (nSPS) is 23.0. The molecule has 3 nitrogen and oxygen atoms in total. The lowest BCUT2D eigenvalue weighted by Gasteiger charge is -2.37. The second-order valence-corrected chi connectivity index (χ2v) is 5.11. The summed E-state index contributed by atoms with van der Waals surface area (Å²) in [5, 5.41) is 0. The van der Waals surface area contributed by atoms with E-state index in [1.807, 2.05) is 0 Å². The zero-order valence-corrected chi connectivity index (χ0v) is 11.3. The van der Waals surface area contributed by atoms with Gasteiger partial charge < -0.3 is 0 Å². The van der Waals surface area contributed by atoms with Gasteiger partial charge in [0.15, 0.2) is 0 Å². The monoisotopic (exact) mass is 285 g/mol. The van der Waals surface area contributed by atoms with E-state index < -0.39 is 29.0 Å². The first-order valence-electron chi connectivity index (χ1n) is 6.17. The highest BCUT2D eigenvalue weighted by molar-refractivity contribution is 6.12. The van der Waals surface area contributed by atoms with Crippen LogP contribution in [-0.4, -0.2) is 23.8 Å². The summed E-state index contributed by atoms with van der Waals surface area (Å²) in [6, 6.07) is 2.94. The maximum atomic E-state index is 12.8. The number of hydrogen-bond acceptors (Lipinski definition) is 2. The number of alkyl halides is 3. The van der Waals surface area contributed by atoms with Gasteiger partial charge in [-0.15, -0.1) is 0 Å². The molecule has 1 unspecified atom stereocenters. The van der Waals surface area contributed by atoms with Gasteiger partial charge in [-0.1, -0.05) is 6.92 Å². The molecular weight excluding hydrogens is 271 g/mol. The molecule has 0 saturated carbocycles. The van der Waals surface area contributed by atoms with Crippen LogP contribution in [0.2, 0.25) is 0 Å². The number of benzene rings is 1. The van der Waals surface area contributed by atoms with Gasteiger partial charge in [-0.05, 0) is 37.1 Å². The van der Waals surface area contributed by atoms with E-state index >= 15 is 0 Å². The van der Waals surface area contributed by atoms with E-state index in [9.17, 15) is 22.8 Å². The number of likely N-dealkylation sites (N-methyl/N-ethyl adjacent to an activating group) is 1. The highest BCUT2D eigenvalue weighted by atomic mass is 19.4. The van der Waals surface area contributed by atoms with Crippen molar-refractivity contribution in [2.75, 3.05) is 7.05 Å². The summed E-state index contributed by atoms with van der Waals surface area (Å²) in [5.41, 5.74) is -1.65. The SMILES string of the molecule is CCC1(C)C(=O)N(C)C(=O)c2ccc(C(F)(F)F)cc21. The van der Waals surface area contributed by atoms with E-state index in [4.69, 9.17) is 0 Å². The number of carbonyl (C=O) groups is 2. The second-order valence-electron chi connectivity index (χ2n) is 5.11. The van der Waals surface area contributed by atoms with Crippen LogP contribution in [0.4, 0.5) is 13.2 Å². The molecule has 1 aromatic rings. The molecule has 0 radical (unpaired) electrons. The van der Waals surface area contributed by atoms with Gasteiger partial charge in [0, 0.05) is 12.6 Å². The summed E-state index contributed by atoms with van der Waals surface area (Å²) in [5.74, 6) is -1.04. The molecule has 0 spiro atoms. The molecule has 1 aromatic carbocycles. The fourth-order valence-electron chi connectivity index (χ4n) is 2.46. The van der Waals surface area contributed by atoms with Crippen molar-refractivity contribution in [1.82, 2.24) is 4.90 Å². The molecule has 1 atom stereocenters. The topological polar surface area (TPSA) is 37.4 Å². The number of imide groups is 1. The van der Waals surface area contributed by atoms with Gasteiger partial charge in [-0.25, -0.2) is 0 Å². The number of carbonyl (C=O) groups excluding carboxylic acids is 2. The van der Waals surface area contributed by atoms with E-state index in [0.29, 0.717) is 6.42 Å². The van der Waals surface area contributed by atoms with Gasteiger partial charge >= 0.3 is 6.18 Å². The molecule has 0 N–H and O–H groups in total. The summed E-state index contributed by atoms with van der Waals surface area (Å²) in [7, 11) is 1.35. The molecule has 2 rings (SSSR count). The number of rotatable bonds is 1. The van der Waals surface area contributed by atoms with E-state index in [1.165, 1.54) is 7.05 Å². The standard InChI is InChI=1S/C14H14F3NO2/c1-4-13(2)10-7-8(14(15,16)17)5-6-9(10)11(19)18(3)12(13)20/h5-7H,4H2,1-3H3. The molecule has 6 heteroatoms. The minimum atomic E-state index is -4.50. The third-order valence-corrected chi connectivity index (χ3v) is 3.96. The smallest absolute Gasteiger partial charge is 0.281 e. The first kappa shape index (κ1) is 14.6. The Hall–Kier alpha value is -1.85. The largest absolute Gasteiger partial charge is 0.416 e. The molecule has 0 bridgehead atoms. The predicted molar refractivity (Wildman–Crippen MR) is 66.2 cm³/mol. The number of nitrogens with zero attached hydrogens (tertiary/aromatic N) is 1. The molecule has 0 fully saturated rings. The molecule has 1 aliphatic heterocycles. The maximum Gasteiger partial charge on any atom is 0.416 e. The van der Waals surface area contributed by atoms with Crippen LogP contribution in [0.5, 0.6) is 0 Å². The molecule has 1 aliphatic rings. The molecule has 0 saturated heterocycles. The summed E-state index contributed by atoms with van der Waals surface area (Å²) < 4.78 is 38.4. The fraction of sp³-hybridized carbons (Fsp3) is 0.429. The number of fused-ring (bicyclic) bond motifs is 1. The zero-order chi connectivity index (χ0) is 15.3. The van der Waals surface area contributed by atoms with Crippen molar-refractivity contribution in [3.63, 3.8) is 0 Å². The third-order valence-electron chi connectivity index (χ3n) is 3.96. The number of halogens is 3. The third kappa shape index (κ3) is 1.90. The first-order chi connectivity index (χ1) is 9.13. The van der Waals surface area contributed by atoms with Crippen LogP contribution < -0.4 is 0 Å². The number of amides is 2. The Kier molecular flexibility index (Phi) is 3.15. The van der Waals surface area contributed by atoms with Crippen molar-refractivity contribution < 1.29 is 22.8 Å². The van der Waals surface area contributed by atoms with Crippen LogP contribution in [0, 0.1) is 0 Å². The van der Waals surface area contributed by atoms with Gasteiger partial charge in [-0.3, -0.25) is 14.5 Å². The Labute approximate surface area is 114 Å². The lowest BCUT2D eigenvalue weighted by atomic mass is 9.73. The fourth-order valence-corrected chi connectivity index (χ4v) is 2.46. The zero-order valence-electron chi connectivity index (χ0n) is 11.3. The molecule has 0 aliphatic carbocycles. The summed E-state index contributed by atoms with van der Waals surface area (Å²) in [4.78, 5) is 25.2. The van der Waals surface area contributed by atoms with Crippen LogP contribution in [0.3, 0.4) is 0 Å².